The largest absolute Gasteiger partial charge is 0.478 e. The molecule has 0 aliphatic carbocycles. The Hall–Kier alpha value is -0.610. The molecule has 0 spiro atoms. The van der Waals surface area contributed by atoms with Crippen LogP contribution in [-0.4, -0.2) is 11.1 Å². The number of hydrogen-bond acceptors (Lipinski definition) is 2. The van der Waals surface area contributed by atoms with Crippen molar-refractivity contribution in [2.24, 2.45) is 0 Å². The van der Waals surface area contributed by atoms with Crippen LogP contribution in [0.25, 0.3) is 0 Å². The van der Waals surface area contributed by atoms with Crippen molar-refractivity contribution >= 4 is 44.5 Å². The Bertz CT molecular complexity index is 411. The van der Waals surface area contributed by atoms with Gasteiger partial charge >= 0.3 is 5.97 Å². The van der Waals surface area contributed by atoms with Crippen molar-refractivity contribution in [3.8, 4) is 6.07 Å². The van der Waals surface area contributed by atoms with E-state index in [4.69, 9.17) is 10.4 Å². The van der Waals surface area contributed by atoms with Gasteiger partial charge in [0.05, 0.1) is 11.1 Å². The summed E-state index contributed by atoms with van der Waals surface area (Å²) in [6.45, 7) is 0. The third-order valence-electron chi connectivity index (χ3n) is 1.39. The van der Waals surface area contributed by atoms with E-state index < -0.39 is 5.97 Å². The average molecular weight is 352 g/mol. The third kappa shape index (κ3) is 2.19. The molecule has 0 aliphatic rings. The Morgan fingerprint density at radius 1 is 1.62 bits per heavy atom. The molecule has 0 saturated heterocycles. The van der Waals surface area contributed by atoms with Crippen LogP contribution in [0.15, 0.2) is 16.6 Å². The van der Waals surface area contributed by atoms with Crippen molar-refractivity contribution in [3.05, 3.63) is 31.3 Å². The smallest absolute Gasteiger partial charge is 0.338 e. The molecule has 1 rings (SSSR count). The molecule has 13 heavy (non-hydrogen) atoms. The van der Waals surface area contributed by atoms with Crippen LogP contribution >= 0.6 is 38.5 Å². The van der Waals surface area contributed by atoms with E-state index in [-0.39, 0.29) is 11.1 Å². The summed E-state index contributed by atoms with van der Waals surface area (Å²) in [4.78, 5) is 10.7. The van der Waals surface area contributed by atoms with Crippen LogP contribution < -0.4 is 0 Å². The number of benzene rings is 1. The molecule has 0 radical (unpaired) electrons. The lowest BCUT2D eigenvalue weighted by Crippen LogP contribution is -2.03. The molecular weight excluding hydrogens is 349 g/mol. The van der Waals surface area contributed by atoms with E-state index in [2.05, 4.69) is 15.9 Å². The van der Waals surface area contributed by atoms with Crippen LogP contribution in [0.4, 0.5) is 0 Å². The minimum Gasteiger partial charge on any atom is -0.478 e. The molecule has 0 unspecified atom stereocenters. The van der Waals surface area contributed by atoms with Crippen LogP contribution in [-0.2, 0) is 0 Å². The number of hydrogen-bond donors (Lipinski definition) is 1. The second-order valence-electron chi connectivity index (χ2n) is 2.23. The number of carboxylic acids is 1. The summed E-state index contributed by atoms with van der Waals surface area (Å²) in [6.07, 6.45) is 0. The van der Waals surface area contributed by atoms with Crippen LogP contribution in [0.2, 0.25) is 0 Å². The van der Waals surface area contributed by atoms with Gasteiger partial charge in [-0.1, -0.05) is 15.9 Å². The highest BCUT2D eigenvalue weighted by molar-refractivity contribution is 14.1. The van der Waals surface area contributed by atoms with Gasteiger partial charge in [-0.3, -0.25) is 0 Å². The number of halogens is 2. The highest BCUT2D eigenvalue weighted by atomic mass is 127. The van der Waals surface area contributed by atoms with Gasteiger partial charge in [0.1, 0.15) is 6.07 Å². The van der Waals surface area contributed by atoms with Crippen molar-refractivity contribution in [1.29, 1.82) is 5.26 Å². The minimum absolute atomic E-state index is 0.0614. The van der Waals surface area contributed by atoms with Crippen LogP contribution in [0.3, 0.4) is 0 Å². The van der Waals surface area contributed by atoms with Crippen molar-refractivity contribution in [1.82, 2.24) is 0 Å². The number of aromatic carboxylic acids is 1. The first-order chi connectivity index (χ1) is 6.06. The van der Waals surface area contributed by atoms with Gasteiger partial charge in [0, 0.05) is 8.04 Å². The fourth-order valence-electron chi connectivity index (χ4n) is 0.879. The molecule has 0 bridgehead atoms. The molecule has 0 atom stereocenters. The minimum atomic E-state index is -1.08. The zero-order chi connectivity index (χ0) is 10.0. The number of rotatable bonds is 1. The quantitative estimate of drug-likeness (QED) is 0.791. The van der Waals surface area contributed by atoms with Crippen molar-refractivity contribution in [2.45, 2.75) is 0 Å². The molecular formula is C8H3BrINO2. The Kier molecular flexibility index (Phi) is 3.27. The standard InChI is InChI=1S/C8H3BrINO2/c9-5-1-4(3-11)7(8(12)13)6(10)2-5/h1-2H,(H,12,13). The number of nitrogens with zero attached hydrogens (tertiary/aromatic N) is 1. The molecule has 0 aliphatic heterocycles. The fourth-order valence-corrected chi connectivity index (χ4v) is 2.62. The molecule has 0 fully saturated rings. The molecule has 5 heteroatoms. The molecule has 0 amide bonds. The average Bonchev–Trinajstić information content (AvgIpc) is 2.01. The number of nitriles is 1. The second kappa shape index (κ2) is 4.07. The van der Waals surface area contributed by atoms with Gasteiger partial charge in [-0.25, -0.2) is 4.79 Å². The molecule has 66 valence electrons. The lowest BCUT2D eigenvalue weighted by atomic mass is 10.1. The first-order valence-electron chi connectivity index (χ1n) is 3.18. The third-order valence-corrected chi connectivity index (χ3v) is 2.70. The maximum atomic E-state index is 10.7. The predicted octanol–water partition coefficient (Wildman–Crippen LogP) is 2.62. The molecule has 0 saturated carbocycles. The van der Waals surface area contributed by atoms with E-state index in [1.807, 2.05) is 28.7 Å². The summed E-state index contributed by atoms with van der Waals surface area (Å²) >= 11 is 5.08. The maximum Gasteiger partial charge on any atom is 0.338 e. The van der Waals surface area contributed by atoms with Crippen molar-refractivity contribution in [2.75, 3.05) is 0 Å². The SMILES string of the molecule is N#Cc1cc(Br)cc(I)c1C(=O)O. The molecule has 1 aromatic rings. The highest BCUT2D eigenvalue weighted by Crippen LogP contribution is 2.22. The van der Waals surface area contributed by atoms with Gasteiger partial charge in [0.2, 0.25) is 0 Å². The zero-order valence-electron chi connectivity index (χ0n) is 6.21. The Morgan fingerprint density at radius 3 is 2.69 bits per heavy atom. The Morgan fingerprint density at radius 2 is 2.23 bits per heavy atom. The predicted molar refractivity (Wildman–Crippen MR) is 58.5 cm³/mol. The Labute approximate surface area is 96.6 Å². The van der Waals surface area contributed by atoms with Crippen LogP contribution in [0, 0.1) is 14.9 Å². The monoisotopic (exact) mass is 351 g/mol. The van der Waals surface area contributed by atoms with E-state index in [9.17, 15) is 4.79 Å². The zero-order valence-corrected chi connectivity index (χ0v) is 9.96. The summed E-state index contributed by atoms with van der Waals surface area (Å²) in [5.74, 6) is -1.08. The van der Waals surface area contributed by atoms with E-state index in [1.165, 1.54) is 6.07 Å². The van der Waals surface area contributed by atoms with Gasteiger partial charge in [-0.2, -0.15) is 5.26 Å². The van der Waals surface area contributed by atoms with Crippen molar-refractivity contribution in [3.63, 3.8) is 0 Å². The van der Waals surface area contributed by atoms with Crippen LogP contribution in [0.5, 0.6) is 0 Å². The van der Waals surface area contributed by atoms with Gasteiger partial charge in [0.25, 0.3) is 0 Å². The highest BCUT2D eigenvalue weighted by Gasteiger charge is 2.14. The first kappa shape index (κ1) is 10.5. The van der Waals surface area contributed by atoms with Gasteiger partial charge in [0.15, 0.2) is 0 Å². The van der Waals surface area contributed by atoms with Crippen molar-refractivity contribution < 1.29 is 9.90 Å². The summed E-state index contributed by atoms with van der Waals surface area (Å²) in [5.41, 5.74) is 0.234. The molecule has 0 aromatic heterocycles. The van der Waals surface area contributed by atoms with Gasteiger partial charge in [-0.05, 0) is 34.7 Å². The maximum absolute atomic E-state index is 10.7. The Balaban J connectivity index is 3.50. The van der Waals surface area contributed by atoms with E-state index in [1.54, 1.807) is 6.07 Å². The first-order valence-corrected chi connectivity index (χ1v) is 5.06. The van der Waals surface area contributed by atoms with Gasteiger partial charge in [-0.15, -0.1) is 0 Å². The van der Waals surface area contributed by atoms with Gasteiger partial charge < -0.3 is 5.11 Å². The second-order valence-corrected chi connectivity index (χ2v) is 4.30. The lowest BCUT2D eigenvalue weighted by molar-refractivity contribution is 0.0695. The fraction of sp³-hybridized carbons (Fsp3) is 0. The molecule has 1 N–H and O–H groups in total. The summed E-state index contributed by atoms with van der Waals surface area (Å²) in [5, 5.41) is 17.5. The normalized spacial score (nSPS) is 9.31. The molecule has 1 aromatic carbocycles. The topological polar surface area (TPSA) is 61.1 Å². The summed E-state index contributed by atoms with van der Waals surface area (Å²) < 4.78 is 1.26. The van der Waals surface area contributed by atoms with Crippen LogP contribution in [0.1, 0.15) is 15.9 Å². The lowest BCUT2D eigenvalue weighted by Gasteiger charge is -2.01. The van der Waals surface area contributed by atoms with E-state index in [0.717, 1.165) is 0 Å². The van der Waals surface area contributed by atoms with E-state index in [0.29, 0.717) is 8.04 Å². The van der Waals surface area contributed by atoms with E-state index >= 15 is 0 Å². The molecule has 3 nitrogen and oxygen atoms in total. The summed E-state index contributed by atoms with van der Waals surface area (Å²) in [7, 11) is 0. The summed E-state index contributed by atoms with van der Waals surface area (Å²) in [6, 6.07) is 4.99. The number of carbonyl (C=O) groups is 1. The number of carboxylic acid groups (broad SMARTS) is 1. The molecule has 0 heterocycles.